The highest BCUT2D eigenvalue weighted by Gasteiger charge is 2.56. The number of nitrogens with one attached hydrogen (secondary N) is 1. The van der Waals surface area contributed by atoms with E-state index in [0.29, 0.717) is 51.9 Å². The molecule has 212 valence electrons. The van der Waals surface area contributed by atoms with Gasteiger partial charge >= 0.3 is 6.09 Å². The van der Waals surface area contributed by atoms with Crippen LogP contribution in [0.15, 0.2) is 30.5 Å². The number of halogens is 1. The van der Waals surface area contributed by atoms with Gasteiger partial charge < -0.3 is 26.0 Å². The maximum atomic E-state index is 15.3. The Bertz CT molecular complexity index is 1470. The lowest BCUT2D eigenvalue weighted by atomic mass is 9.67. The minimum Gasteiger partial charge on any atom is -0.465 e. The number of thiazole rings is 1. The highest BCUT2D eigenvalue weighted by Crippen LogP contribution is 2.66. The Morgan fingerprint density at radius 1 is 1.15 bits per heavy atom. The van der Waals surface area contributed by atoms with Gasteiger partial charge in [0.05, 0.1) is 22.0 Å². The summed E-state index contributed by atoms with van der Waals surface area (Å²) in [6, 6.07) is 6.79. The summed E-state index contributed by atoms with van der Waals surface area (Å²) in [6.45, 7) is 0.810. The van der Waals surface area contributed by atoms with Crippen molar-refractivity contribution in [3.8, 4) is 21.8 Å². The van der Waals surface area contributed by atoms with Gasteiger partial charge in [-0.1, -0.05) is 17.4 Å². The maximum absolute atomic E-state index is 15.3. The number of carbonyl (C=O) groups is 1. The average molecular weight is 588 g/mol. The van der Waals surface area contributed by atoms with Crippen molar-refractivity contribution in [3.05, 3.63) is 36.3 Å². The summed E-state index contributed by atoms with van der Waals surface area (Å²) >= 11 is 1.42. The smallest absolute Gasteiger partial charge is 0.407 e. The summed E-state index contributed by atoms with van der Waals surface area (Å²) in [5.41, 5.74) is 7.29. The predicted molar refractivity (Wildman–Crippen MR) is 153 cm³/mol. The molecule has 2 atom stereocenters. The van der Waals surface area contributed by atoms with Crippen molar-refractivity contribution < 1.29 is 23.4 Å². The number of benzene rings is 1. The average Bonchev–Trinajstić information content (AvgIpc) is 3.41. The first-order valence-electron chi connectivity index (χ1n) is 13.2. The van der Waals surface area contributed by atoms with Crippen LogP contribution in [-0.2, 0) is 0 Å². The van der Waals surface area contributed by atoms with Gasteiger partial charge in [0, 0.05) is 59.9 Å². The van der Waals surface area contributed by atoms with Crippen molar-refractivity contribution in [2.24, 2.45) is 5.41 Å². The molecule has 6 N–H and O–H groups in total. The molecule has 2 bridgehead atoms. The highest BCUT2D eigenvalue weighted by molar-refractivity contribution is 8.25. The molecule has 3 aromatic rings. The van der Waals surface area contributed by atoms with E-state index in [1.165, 1.54) is 22.3 Å². The molecule has 3 saturated heterocycles. The molecule has 1 saturated carbocycles. The fourth-order valence-electron chi connectivity index (χ4n) is 6.88. The summed E-state index contributed by atoms with van der Waals surface area (Å²) in [6.07, 6.45) is 4.16. The molecule has 0 radical (unpaired) electrons. The number of piperazine rings is 1. The molecule has 2 unspecified atom stereocenters. The number of nitrogens with two attached hydrogens (primary N) is 1. The Kier molecular flexibility index (Phi) is 5.90. The normalized spacial score (nSPS) is 25.4. The standard InChI is InChI=1S/C26H30FN7O4S2/c27-20-17(2-1-3-18(20)28)21-22(39-24(32-21)34-15-4-5-16(34)11-33(10-15)25(35)36)19-6-7-29-23(31-19)30-14-8-26(9-14)12-40(37,38)13-26/h1-3,6-7,14-16,37-38H,4-5,8-13,28H2,(H,35,36)(H,29,30,31). The van der Waals surface area contributed by atoms with Crippen molar-refractivity contribution in [1.82, 2.24) is 19.9 Å². The van der Waals surface area contributed by atoms with Crippen LogP contribution < -0.4 is 16.0 Å². The van der Waals surface area contributed by atoms with Gasteiger partial charge in [-0.15, -0.1) is 0 Å². The number of aromatic nitrogens is 3. The number of hydrogen-bond acceptors (Lipinski definition) is 10. The van der Waals surface area contributed by atoms with E-state index in [1.807, 2.05) is 0 Å². The van der Waals surface area contributed by atoms with Gasteiger partial charge in [0.2, 0.25) is 5.95 Å². The fraction of sp³-hybridized carbons (Fsp3) is 0.462. The summed E-state index contributed by atoms with van der Waals surface area (Å²) < 4.78 is 34.9. The van der Waals surface area contributed by atoms with E-state index in [4.69, 9.17) is 15.7 Å². The van der Waals surface area contributed by atoms with Crippen molar-refractivity contribution in [3.63, 3.8) is 0 Å². The number of nitrogen functional groups attached to an aromatic ring is 1. The minimum absolute atomic E-state index is 0.00544. The third-order valence-electron chi connectivity index (χ3n) is 8.53. The zero-order valence-corrected chi connectivity index (χ0v) is 23.2. The zero-order valence-electron chi connectivity index (χ0n) is 21.5. The van der Waals surface area contributed by atoms with E-state index < -0.39 is 22.5 Å². The van der Waals surface area contributed by atoms with Gasteiger partial charge in [-0.25, -0.2) is 24.1 Å². The summed E-state index contributed by atoms with van der Waals surface area (Å²) in [5, 5.41) is 13.6. The van der Waals surface area contributed by atoms with Gasteiger partial charge in [0.1, 0.15) is 0 Å². The largest absolute Gasteiger partial charge is 0.465 e. The lowest BCUT2D eigenvalue weighted by Gasteiger charge is -2.63. The predicted octanol–water partition coefficient (Wildman–Crippen LogP) is 4.64. The first-order chi connectivity index (χ1) is 19.1. The number of amides is 1. The van der Waals surface area contributed by atoms with E-state index in [1.54, 1.807) is 24.4 Å². The van der Waals surface area contributed by atoms with E-state index in [9.17, 15) is 19.0 Å². The third-order valence-corrected chi connectivity index (χ3v) is 11.8. The minimum atomic E-state index is -2.38. The van der Waals surface area contributed by atoms with Gasteiger partial charge in [-0.2, -0.15) is 10.6 Å². The van der Waals surface area contributed by atoms with E-state index in [0.717, 1.165) is 25.7 Å². The van der Waals surface area contributed by atoms with Crippen LogP contribution in [0.25, 0.3) is 21.8 Å². The topological polar surface area (TPSA) is 161 Å². The van der Waals surface area contributed by atoms with Gasteiger partial charge in [-0.05, 0) is 43.9 Å². The van der Waals surface area contributed by atoms with Crippen molar-refractivity contribution in [2.45, 2.75) is 43.8 Å². The molecule has 1 aliphatic carbocycles. The summed E-state index contributed by atoms with van der Waals surface area (Å²) in [7, 11) is -2.38. The van der Waals surface area contributed by atoms with E-state index >= 15 is 4.39 Å². The molecule has 2 aromatic heterocycles. The molecular formula is C26H30FN7O4S2. The molecule has 3 aliphatic heterocycles. The van der Waals surface area contributed by atoms with Crippen LogP contribution in [0.1, 0.15) is 25.7 Å². The molecule has 1 aromatic carbocycles. The van der Waals surface area contributed by atoms with Gasteiger partial charge in [-0.3, -0.25) is 9.11 Å². The molecule has 1 amide bonds. The van der Waals surface area contributed by atoms with E-state index in [-0.39, 0.29) is 34.8 Å². The Labute approximate surface area is 235 Å². The van der Waals surface area contributed by atoms with Crippen molar-refractivity contribution >= 4 is 44.8 Å². The van der Waals surface area contributed by atoms with Crippen LogP contribution in [0.5, 0.6) is 0 Å². The number of nitrogens with zero attached hydrogens (tertiary/aromatic N) is 5. The molecule has 40 heavy (non-hydrogen) atoms. The molecule has 4 aliphatic rings. The van der Waals surface area contributed by atoms with Crippen molar-refractivity contribution in [2.75, 3.05) is 40.5 Å². The van der Waals surface area contributed by atoms with Crippen LogP contribution in [0.3, 0.4) is 0 Å². The number of anilines is 3. The molecule has 7 rings (SSSR count). The Hall–Kier alpha value is -3.20. The van der Waals surface area contributed by atoms with Crippen LogP contribution in [0.2, 0.25) is 0 Å². The van der Waals surface area contributed by atoms with Gasteiger partial charge in [0.15, 0.2) is 10.9 Å². The molecule has 11 nitrogen and oxygen atoms in total. The molecule has 5 heterocycles. The highest BCUT2D eigenvalue weighted by atomic mass is 32.3. The number of rotatable bonds is 5. The molecule has 4 fully saturated rings. The first-order valence-corrected chi connectivity index (χ1v) is 15.9. The van der Waals surface area contributed by atoms with Crippen LogP contribution in [0.4, 0.5) is 26.0 Å². The van der Waals surface area contributed by atoms with Gasteiger partial charge in [0.25, 0.3) is 0 Å². The van der Waals surface area contributed by atoms with Crippen LogP contribution in [-0.4, -0.2) is 82.9 Å². The number of hydrogen-bond donors (Lipinski definition) is 5. The number of likely N-dealkylation sites (tertiary alicyclic amines) is 1. The maximum Gasteiger partial charge on any atom is 0.407 e. The van der Waals surface area contributed by atoms with Crippen LogP contribution in [0, 0.1) is 11.2 Å². The third kappa shape index (κ3) is 4.33. The number of carboxylic acid groups (broad SMARTS) is 1. The second-order valence-corrected chi connectivity index (χ2v) is 14.6. The Morgan fingerprint density at radius 3 is 2.55 bits per heavy atom. The summed E-state index contributed by atoms with van der Waals surface area (Å²) in [5.74, 6) is 0.853. The van der Waals surface area contributed by atoms with Crippen LogP contribution >= 0.6 is 21.9 Å². The second-order valence-electron chi connectivity index (χ2n) is 11.5. The Balaban J connectivity index is 1.21. The van der Waals surface area contributed by atoms with E-state index in [2.05, 4.69) is 15.2 Å². The molecular weight excluding hydrogens is 557 g/mol. The quantitative estimate of drug-likeness (QED) is 0.266. The monoisotopic (exact) mass is 587 g/mol. The zero-order chi connectivity index (χ0) is 27.8. The second kappa shape index (κ2) is 9.16. The molecule has 14 heteroatoms. The summed E-state index contributed by atoms with van der Waals surface area (Å²) in [4.78, 5) is 30.1. The lowest BCUT2D eigenvalue weighted by Crippen LogP contribution is -2.57. The SMILES string of the molecule is Nc1cccc(-c2nc(N3C4CCC3CN(C(=O)O)C4)sc2-c2ccnc(NC3CC4(C3)CS(O)(O)C4)n2)c1F. The number of fused-ring (bicyclic) bond motifs is 2. The fourth-order valence-corrected chi connectivity index (χ4v) is 10.4. The molecule has 1 spiro atoms. The Morgan fingerprint density at radius 2 is 1.88 bits per heavy atom. The first kappa shape index (κ1) is 25.7. The van der Waals surface area contributed by atoms with Crippen molar-refractivity contribution in [1.29, 1.82) is 0 Å². The lowest BCUT2D eigenvalue weighted by molar-refractivity contribution is 0.133.